The summed E-state index contributed by atoms with van der Waals surface area (Å²) < 4.78 is 5.81. The second kappa shape index (κ2) is 10.4. The van der Waals surface area contributed by atoms with Crippen LogP contribution in [0.1, 0.15) is 70.3 Å². The van der Waals surface area contributed by atoms with E-state index in [0.717, 1.165) is 24.7 Å². The second-order valence-corrected chi connectivity index (χ2v) is 7.82. The van der Waals surface area contributed by atoms with E-state index in [0.29, 0.717) is 0 Å². The van der Waals surface area contributed by atoms with Crippen molar-refractivity contribution in [3.63, 3.8) is 0 Å². The topological polar surface area (TPSA) is 9.23 Å². The number of rotatable bonds is 9. The van der Waals surface area contributed by atoms with Gasteiger partial charge in [-0.25, -0.2) is 0 Å². The first-order valence-corrected chi connectivity index (χ1v) is 10.7. The first-order valence-electron chi connectivity index (χ1n) is 10.7. The monoisotopic (exact) mass is 350 g/mol. The molecule has 0 aliphatic heterocycles. The molecule has 140 valence electrons. The standard InChI is InChI=1S/C25H34O/c1-2-3-7-20-26-25-18-16-24(17-19-25)23-14-12-22(13-15-23)11-10-21-8-5-4-6-9-21/h12-19,21H,2-11,20H2,1H3. The van der Waals surface area contributed by atoms with E-state index in [1.54, 1.807) is 0 Å². The van der Waals surface area contributed by atoms with E-state index in [1.165, 1.54) is 74.5 Å². The van der Waals surface area contributed by atoms with Gasteiger partial charge in [-0.05, 0) is 54.0 Å². The molecule has 1 nitrogen and oxygen atoms in total. The van der Waals surface area contributed by atoms with E-state index >= 15 is 0 Å². The van der Waals surface area contributed by atoms with Crippen molar-refractivity contribution in [2.75, 3.05) is 6.61 Å². The fourth-order valence-corrected chi connectivity index (χ4v) is 4.00. The first kappa shape index (κ1) is 19.0. The molecule has 0 unspecified atom stereocenters. The average Bonchev–Trinajstić information content (AvgIpc) is 2.71. The lowest BCUT2D eigenvalue weighted by Gasteiger charge is -2.21. The van der Waals surface area contributed by atoms with Crippen LogP contribution in [0, 0.1) is 5.92 Å². The van der Waals surface area contributed by atoms with Crippen LogP contribution in [0.3, 0.4) is 0 Å². The molecule has 1 heteroatoms. The molecule has 0 N–H and O–H groups in total. The average molecular weight is 351 g/mol. The van der Waals surface area contributed by atoms with Crippen LogP contribution in [-0.4, -0.2) is 6.61 Å². The third-order valence-corrected chi connectivity index (χ3v) is 5.72. The molecule has 0 atom stereocenters. The maximum atomic E-state index is 5.81. The zero-order chi connectivity index (χ0) is 18.0. The lowest BCUT2D eigenvalue weighted by molar-refractivity contribution is 0.306. The highest BCUT2D eigenvalue weighted by Gasteiger charge is 2.13. The summed E-state index contributed by atoms with van der Waals surface area (Å²) in [5.41, 5.74) is 4.05. The van der Waals surface area contributed by atoms with E-state index in [-0.39, 0.29) is 0 Å². The van der Waals surface area contributed by atoms with E-state index < -0.39 is 0 Å². The maximum absolute atomic E-state index is 5.81. The summed E-state index contributed by atoms with van der Waals surface area (Å²) in [7, 11) is 0. The summed E-state index contributed by atoms with van der Waals surface area (Å²) in [5, 5.41) is 0. The quantitative estimate of drug-likeness (QED) is 0.427. The van der Waals surface area contributed by atoms with Gasteiger partial charge in [-0.1, -0.05) is 88.3 Å². The molecular weight excluding hydrogens is 316 g/mol. The third kappa shape index (κ3) is 5.90. The lowest BCUT2D eigenvalue weighted by atomic mass is 9.85. The van der Waals surface area contributed by atoms with Crippen LogP contribution in [0.5, 0.6) is 5.75 Å². The van der Waals surface area contributed by atoms with Crippen molar-refractivity contribution >= 4 is 0 Å². The number of hydrogen-bond donors (Lipinski definition) is 0. The van der Waals surface area contributed by atoms with Crippen molar-refractivity contribution in [2.24, 2.45) is 5.92 Å². The van der Waals surface area contributed by atoms with E-state index in [4.69, 9.17) is 4.74 Å². The number of ether oxygens (including phenoxy) is 1. The Labute approximate surface area is 159 Å². The van der Waals surface area contributed by atoms with Crippen LogP contribution in [0.25, 0.3) is 11.1 Å². The minimum absolute atomic E-state index is 0.822. The number of benzene rings is 2. The smallest absolute Gasteiger partial charge is 0.119 e. The molecule has 1 saturated carbocycles. The molecule has 1 fully saturated rings. The molecule has 1 aliphatic carbocycles. The molecule has 0 aromatic heterocycles. The highest BCUT2D eigenvalue weighted by atomic mass is 16.5. The molecule has 26 heavy (non-hydrogen) atoms. The molecule has 2 aromatic carbocycles. The van der Waals surface area contributed by atoms with Crippen LogP contribution in [0.4, 0.5) is 0 Å². The van der Waals surface area contributed by atoms with Gasteiger partial charge in [-0.2, -0.15) is 0 Å². The molecular formula is C25H34O. The Morgan fingerprint density at radius 2 is 1.46 bits per heavy atom. The molecule has 0 bridgehead atoms. The Morgan fingerprint density at radius 3 is 2.12 bits per heavy atom. The van der Waals surface area contributed by atoms with Crippen LogP contribution < -0.4 is 4.74 Å². The number of hydrogen-bond acceptors (Lipinski definition) is 1. The van der Waals surface area contributed by atoms with Crippen LogP contribution in [0.15, 0.2) is 48.5 Å². The zero-order valence-corrected chi connectivity index (χ0v) is 16.4. The molecule has 0 heterocycles. The van der Waals surface area contributed by atoms with Gasteiger partial charge in [0.1, 0.15) is 5.75 Å². The summed E-state index contributed by atoms with van der Waals surface area (Å²) >= 11 is 0. The Hall–Kier alpha value is -1.76. The molecule has 0 saturated heterocycles. The van der Waals surface area contributed by atoms with Gasteiger partial charge in [-0.3, -0.25) is 0 Å². The molecule has 0 amide bonds. The predicted octanol–water partition coefficient (Wildman–Crippen LogP) is 7.44. The van der Waals surface area contributed by atoms with Gasteiger partial charge in [0.25, 0.3) is 0 Å². The third-order valence-electron chi connectivity index (χ3n) is 5.72. The van der Waals surface area contributed by atoms with Crippen LogP contribution in [0.2, 0.25) is 0 Å². The van der Waals surface area contributed by atoms with Gasteiger partial charge < -0.3 is 4.74 Å². The van der Waals surface area contributed by atoms with Gasteiger partial charge in [-0.15, -0.1) is 0 Å². The highest BCUT2D eigenvalue weighted by Crippen LogP contribution is 2.28. The minimum Gasteiger partial charge on any atom is -0.494 e. The van der Waals surface area contributed by atoms with Gasteiger partial charge in [0, 0.05) is 0 Å². The van der Waals surface area contributed by atoms with Crippen LogP contribution >= 0.6 is 0 Å². The normalized spacial score (nSPS) is 15.1. The van der Waals surface area contributed by atoms with Gasteiger partial charge >= 0.3 is 0 Å². The first-order chi connectivity index (χ1) is 12.8. The fraction of sp³-hybridized carbons (Fsp3) is 0.520. The van der Waals surface area contributed by atoms with Crippen molar-refractivity contribution in [3.05, 3.63) is 54.1 Å². The van der Waals surface area contributed by atoms with Crippen molar-refractivity contribution in [2.45, 2.75) is 71.1 Å². The highest BCUT2D eigenvalue weighted by molar-refractivity contribution is 5.64. The molecule has 2 aromatic rings. The van der Waals surface area contributed by atoms with Crippen molar-refractivity contribution in [1.82, 2.24) is 0 Å². The minimum atomic E-state index is 0.822. The fourth-order valence-electron chi connectivity index (χ4n) is 4.00. The second-order valence-electron chi connectivity index (χ2n) is 7.82. The number of unbranched alkanes of at least 4 members (excludes halogenated alkanes) is 2. The van der Waals surface area contributed by atoms with Crippen molar-refractivity contribution in [3.8, 4) is 16.9 Å². The Bertz CT molecular complexity index is 620. The van der Waals surface area contributed by atoms with E-state index in [1.807, 2.05) is 0 Å². The Kier molecular flexibility index (Phi) is 7.61. The Morgan fingerprint density at radius 1 is 0.808 bits per heavy atom. The summed E-state index contributed by atoms with van der Waals surface area (Å²) in [6.07, 6.45) is 13.5. The molecule has 1 aliphatic rings. The van der Waals surface area contributed by atoms with E-state index in [2.05, 4.69) is 55.5 Å². The van der Waals surface area contributed by atoms with Gasteiger partial charge in [0.05, 0.1) is 6.61 Å². The predicted molar refractivity (Wildman–Crippen MR) is 112 cm³/mol. The maximum Gasteiger partial charge on any atom is 0.119 e. The largest absolute Gasteiger partial charge is 0.494 e. The van der Waals surface area contributed by atoms with Crippen molar-refractivity contribution in [1.29, 1.82) is 0 Å². The summed E-state index contributed by atoms with van der Waals surface area (Å²) in [5.74, 6) is 1.95. The zero-order valence-electron chi connectivity index (χ0n) is 16.4. The van der Waals surface area contributed by atoms with Gasteiger partial charge in [0.2, 0.25) is 0 Å². The van der Waals surface area contributed by atoms with Crippen LogP contribution in [-0.2, 0) is 6.42 Å². The number of aryl methyl sites for hydroxylation is 1. The SMILES string of the molecule is CCCCCOc1ccc(-c2ccc(CCC3CCCCC3)cc2)cc1. The van der Waals surface area contributed by atoms with E-state index in [9.17, 15) is 0 Å². The summed E-state index contributed by atoms with van der Waals surface area (Å²) in [4.78, 5) is 0. The summed E-state index contributed by atoms with van der Waals surface area (Å²) in [6, 6.07) is 17.7. The molecule has 3 rings (SSSR count). The Balaban J connectivity index is 1.49. The van der Waals surface area contributed by atoms with Gasteiger partial charge in [0.15, 0.2) is 0 Å². The molecule has 0 spiro atoms. The molecule has 0 radical (unpaired) electrons. The lowest BCUT2D eigenvalue weighted by Crippen LogP contribution is -2.07. The summed E-state index contributed by atoms with van der Waals surface area (Å²) in [6.45, 7) is 3.04. The van der Waals surface area contributed by atoms with Crippen molar-refractivity contribution < 1.29 is 4.74 Å².